The predicted octanol–water partition coefficient (Wildman–Crippen LogP) is -0.0425. The standard InChI is InChI=1S/C.Co.Mo.O. The Kier molecular flexibility index (Phi) is 181. The molecule has 5 radical (unpaired) electrons. The first-order valence-electron chi connectivity index (χ1n) is 0.167. The second-order valence-electron chi connectivity index (χ2n) is 0. The van der Waals surface area contributed by atoms with Gasteiger partial charge in [0, 0.05) is 24.2 Å². The Morgan fingerprint density at radius 2 is 1.25 bits per heavy atom. The summed E-state index contributed by atoms with van der Waals surface area (Å²) in [6, 6.07) is 0. The van der Waals surface area contributed by atoms with E-state index in [4.69, 9.17) is 3.40 Å². The summed E-state index contributed by atoms with van der Waals surface area (Å²) in [7, 11) is 0. The first-order chi connectivity index (χ1) is 1.00. The van der Waals surface area contributed by atoms with E-state index >= 15 is 0 Å². The summed E-state index contributed by atoms with van der Waals surface area (Å²) < 4.78 is 8.26. The normalized spacial score (nSPS) is 1.00. The average molecular weight is 183 g/mol. The molecule has 0 bridgehead atoms. The molecule has 1 nitrogen and oxygen atoms in total. The second kappa shape index (κ2) is 36.2. The van der Waals surface area contributed by atoms with Crippen molar-refractivity contribution in [3.63, 3.8) is 0 Å². The summed E-state index contributed by atoms with van der Waals surface area (Å²) in [5.74, 6) is 0. The molecule has 0 rings (SSSR count). The number of hydrogen-bond acceptors (Lipinski definition) is 1. The van der Waals surface area contributed by atoms with Crippen LogP contribution in [0.5, 0.6) is 0 Å². The third-order valence-corrected chi connectivity index (χ3v) is 0. The van der Waals surface area contributed by atoms with Gasteiger partial charge in [-0.1, -0.05) is 0 Å². The zero-order valence-corrected chi connectivity index (χ0v) is 4.70. The van der Waals surface area contributed by atoms with Gasteiger partial charge in [-0.15, -0.1) is 0 Å². The fourth-order valence-electron chi connectivity index (χ4n) is 0. The van der Waals surface area contributed by atoms with Crippen LogP contribution in [0.2, 0.25) is 0 Å². The molecule has 0 aliphatic carbocycles. The van der Waals surface area contributed by atoms with Gasteiger partial charge in [-0.2, -0.15) is 0 Å². The Morgan fingerprint density at radius 1 is 1.25 bits per heavy atom. The Bertz CT molecular complexity index is 8.00. The van der Waals surface area contributed by atoms with Gasteiger partial charge in [0.25, 0.3) is 0 Å². The van der Waals surface area contributed by atoms with Crippen molar-refractivity contribution >= 4 is 0 Å². The van der Waals surface area contributed by atoms with Crippen molar-refractivity contribution in [1.82, 2.24) is 0 Å². The Labute approximate surface area is 47.6 Å². The summed E-state index contributed by atoms with van der Waals surface area (Å²) in [5.41, 5.74) is 0. The van der Waals surface area contributed by atoms with Gasteiger partial charge in [-0.05, 0) is 0 Å². The molecule has 0 fully saturated rings. The molecule has 25 valence electrons. The van der Waals surface area contributed by atoms with E-state index in [2.05, 4.69) is 0 Å². The Hall–Kier alpha value is 0.995. The zero-order valence-electron chi connectivity index (χ0n) is 1.65. The molecule has 0 aromatic rings. The van der Waals surface area contributed by atoms with Crippen LogP contribution in [0.15, 0.2) is 0 Å². The van der Waals surface area contributed by atoms with Crippen molar-refractivity contribution in [2.75, 3.05) is 0 Å². The molecule has 0 saturated heterocycles. The Balaban J connectivity index is -0.00000000500. The van der Waals surface area contributed by atoms with Crippen molar-refractivity contribution < 1.29 is 40.0 Å². The van der Waals surface area contributed by atoms with E-state index in [1.54, 1.807) is 0 Å². The maximum absolute atomic E-state index is 8.26. The van der Waals surface area contributed by atoms with E-state index in [1.165, 1.54) is 0 Å². The average Bonchev–Trinajstić information content (AvgIpc) is 1.00. The van der Waals surface area contributed by atoms with E-state index in [0.717, 1.165) is 0 Å². The van der Waals surface area contributed by atoms with E-state index in [1.807, 2.05) is 0 Å². The third-order valence-electron chi connectivity index (χ3n) is 0. The second-order valence-corrected chi connectivity index (χ2v) is 0. The fraction of sp³-hybridized carbons (Fsp3) is 0. The van der Waals surface area contributed by atoms with Gasteiger partial charge in [0.2, 0.25) is 0 Å². The first-order valence-corrected chi connectivity index (χ1v) is 0.986. The summed E-state index contributed by atoms with van der Waals surface area (Å²) >= 11 is 0.700. The summed E-state index contributed by atoms with van der Waals surface area (Å²) in [5, 5.41) is 0. The van der Waals surface area contributed by atoms with Crippen molar-refractivity contribution in [2.24, 2.45) is 0 Å². The van der Waals surface area contributed by atoms with Gasteiger partial charge in [-0.3, -0.25) is 0 Å². The topological polar surface area (TPSA) is 17.1 Å². The van der Waals surface area contributed by atoms with Crippen LogP contribution in [0.25, 0.3) is 0 Å². The monoisotopic (exact) mass is 185 g/mol. The molecule has 3 heteroatoms. The molecule has 0 saturated carbocycles. The van der Waals surface area contributed by atoms with Gasteiger partial charge in [-0.25, -0.2) is 0 Å². The molecule has 0 aromatic heterocycles. The van der Waals surface area contributed by atoms with Crippen LogP contribution in [0, 0.1) is 7.43 Å². The summed E-state index contributed by atoms with van der Waals surface area (Å²) in [6.07, 6.45) is 0. The zero-order chi connectivity index (χ0) is 2.00. The van der Waals surface area contributed by atoms with Crippen molar-refractivity contribution in [2.45, 2.75) is 0 Å². The van der Waals surface area contributed by atoms with Gasteiger partial charge in [0.05, 0.1) is 0 Å². The van der Waals surface area contributed by atoms with E-state index in [9.17, 15) is 0 Å². The molecule has 0 heterocycles. The summed E-state index contributed by atoms with van der Waals surface area (Å²) in [6.45, 7) is 0. The number of rotatable bonds is 0. The van der Waals surface area contributed by atoms with E-state index in [0.29, 0.717) is 19.8 Å². The van der Waals surface area contributed by atoms with Gasteiger partial charge >= 0.3 is 23.2 Å². The quantitative estimate of drug-likeness (QED) is 0.481. The summed E-state index contributed by atoms with van der Waals surface area (Å²) in [4.78, 5) is 0. The number of hydrogen-bond donors (Lipinski definition) is 0. The van der Waals surface area contributed by atoms with Crippen LogP contribution in [-0.4, -0.2) is 0 Å². The minimum absolute atomic E-state index is 0. The van der Waals surface area contributed by atoms with E-state index in [-0.39, 0.29) is 24.2 Å². The molecular weight excluding hydrogens is 183 g/mol. The van der Waals surface area contributed by atoms with Crippen LogP contribution in [-0.2, 0) is 40.0 Å². The van der Waals surface area contributed by atoms with Gasteiger partial charge in [0.1, 0.15) is 0 Å². The van der Waals surface area contributed by atoms with Gasteiger partial charge in [0.15, 0.2) is 0 Å². The SMILES string of the molecule is [C].[Co].[O]=[Mo]. The van der Waals surface area contributed by atoms with Crippen LogP contribution in [0.4, 0.5) is 0 Å². The molecule has 0 unspecified atom stereocenters. The molecule has 0 aromatic carbocycles. The minimum atomic E-state index is 0. The molecular formula is CCoMoO. The molecule has 0 N–H and O–H groups in total. The fourth-order valence-corrected chi connectivity index (χ4v) is 0. The van der Waals surface area contributed by atoms with E-state index < -0.39 is 0 Å². The van der Waals surface area contributed by atoms with Crippen LogP contribution >= 0.6 is 0 Å². The molecule has 0 atom stereocenters. The first kappa shape index (κ1) is 20.0. The van der Waals surface area contributed by atoms with Crippen LogP contribution in [0.1, 0.15) is 0 Å². The molecule has 0 spiro atoms. The molecule has 0 amide bonds. The van der Waals surface area contributed by atoms with Crippen molar-refractivity contribution in [1.29, 1.82) is 0 Å². The van der Waals surface area contributed by atoms with Crippen LogP contribution < -0.4 is 0 Å². The van der Waals surface area contributed by atoms with Crippen molar-refractivity contribution in [3.8, 4) is 0 Å². The Morgan fingerprint density at radius 3 is 1.25 bits per heavy atom. The van der Waals surface area contributed by atoms with Gasteiger partial charge < -0.3 is 0 Å². The predicted molar refractivity (Wildman–Crippen MR) is 3.93 cm³/mol. The van der Waals surface area contributed by atoms with Crippen molar-refractivity contribution in [3.05, 3.63) is 7.43 Å². The molecule has 0 aliphatic heterocycles. The maximum atomic E-state index is 8.26. The third kappa shape index (κ3) is 12.0. The van der Waals surface area contributed by atoms with Crippen LogP contribution in [0.3, 0.4) is 0 Å². The molecule has 4 heavy (non-hydrogen) atoms. The molecule has 0 aliphatic rings.